The third-order valence-electron chi connectivity index (χ3n) is 2.33. The molecule has 0 aliphatic carbocycles. The predicted octanol–water partition coefficient (Wildman–Crippen LogP) is 2.89. The molecule has 1 aromatic heterocycles. The smallest absolute Gasteiger partial charge is 0.253 e. The Balaban J connectivity index is 2.28. The molecule has 18 heavy (non-hydrogen) atoms. The van der Waals surface area contributed by atoms with Crippen LogP contribution in [0.25, 0.3) is 0 Å². The maximum absolute atomic E-state index is 13.6. The summed E-state index contributed by atoms with van der Waals surface area (Å²) in [6.07, 6.45) is 1.54. The summed E-state index contributed by atoms with van der Waals surface area (Å²) >= 11 is 3.16. The van der Waals surface area contributed by atoms with Crippen molar-refractivity contribution in [2.24, 2.45) is 5.73 Å². The Morgan fingerprint density at radius 1 is 1.50 bits per heavy atom. The van der Waals surface area contributed by atoms with Crippen LogP contribution in [0.4, 0.5) is 10.1 Å². The second kappa shape index (κ2) is 5.22. The van der Waals surface area contributed by atoms with Crippen molar-refractivity contribution < 1.29 is 13.6 Å². The molecule has 0 atom stereocenters. The molecule has 0 saturated heterocycles. The van der Waals surface area contributed by atoms with E-state index in [9.17, 15) is 9.18 Å². The summed E-state index contributed by atoms with van der Waals surface area (Å²) in [5.41, 5.74) is 5.32. The van der Waals surface area contributed by atoms with E-state index in [4.69, 9.17) is 10.2 Å². The number of carbonyl (C=O) groups is 1. The number of nitrogens with two attached hydrogens (primary N) is 1. The second-order valence-corrected chi connectivity index (χ2v) is 4.52. The first-order valence-corrected chi connectivity index (χ1v) is 5.92. The van der Waals surface area contributed by atoms with E-state index in [1.807, 2.05) is 0 Å². The van der Waals surface area contributed by atoms with Crippen molar-refractivity contribution in [3.8, 4) is 0 Å². The van der Waals surface area contributed by atoms with E-state index in [0.29, 0.717) is 22.5 Å². The summed E-state index contributed by atoms with van der Waals surface area (Å²) in [5, 5.41) is 2.91. The minimum absolute atomic E-state index is 0.162. The van der Waals surface area contributed by atoms with Crippen molar-refractivity contribution in [1.29, 1.82) is 0 Å². The van der Waals surface area contributed by atoms with Gasteiger partial charge in [-0.1, -0.05) is 15.9 Å². The third-order valence-corrected chi connectivity index (χ3v) is 2.79. The van der Waals surface area contributed by atoms with Gasteiger partial charge in [-0.05, 0) is 24.3 Å². The van der Waals surface area contributed by atoms with E-state index >= 15 is 0 Å². The van der Waals surface area contributed by atoms with Gasteiger partial charge in [0.2, 0.25) is 0 Å². The van der Waals surface area contributed by atoms with Crippen LogP contribution in [0.2, 0.25) is 0 Å². The second-order valence-electron chi connectivity index (χ2n) is 3.61. The highest BCUT2D eigenvalue weighted by atomic mass is 79.9. The van der Waals surface area contributed by atoms with Crippen LogP contribution in [0.15, 0.2) is 39.4 Å². The number of rotatable bonds is 4. The fraction of sp³-hybridized carbons (Fsp3) is 0.0833. The molecule has 2 rings (SSSR count). The molecule has 0 aliphatic rings. The molecular formula is C12H10BrFN2O2. The highest BCUT2D eigenvalue weighted by molar-refractivity contribution is 9.10. The van der Waals surface area contributed by atoms with Gasteiger partial charge in [0.1, 0.15) is 11.6 Å². The highest BCUT2D eigenvalue weighted by Crippen LogP contribution is 2.25. The van der Waals surface area contributed by atoms with Gasteiger partial charge in [0.25, 0.3) is 5.91 Å². The van der Waals surface area contributed by atoms with Gasteiger partial charge in [-0.3, -0.25) is 4.79 Å². The van der Waals surface area contributed by atoms with Crippen LogP contribution < -0.4 is 11.1 Å². The fourth-order valence-electron chi connectivity index (χ4n) is 1.56. The topological polar surface area (TPSA) is 68.3 Å². The molecule has 0 unspecified atom stereocenters. The van der Waals surface area contributed by atoms with Gasteiger partial charge < -0.3 is 15.5 Å². The molecule has 0 radical (unpaired) electrons. The first-order chi connectivity index (χ1) is 8.58. The zero-order valence-electron chi connectivity index (χ0n) is 9.24. The number of benzene rings is 1. The molecule has 1 aromatic carbocycles. The molecule has 3 N–H and O–H groups in total. The van der Waals surface area contributed by atoms with Gasteiger partial charge >= 0.3 is 0 Å². The Morgan fingerprint density at radius 3 is 2.89 bits per heavy atom. The monoisotopic (exact) mass is 312 g/mol. The molecule has 0 aliphatic heterocycles. The first kappa shape index (κ1) is 12.6. The van der Waals surface area contributed by atoms with Gasteiger partial charge in [0.15, 0.2) is 0 Å². The minimum Gasteiger partial charge on any atom is -0.467 e. The molecule has 1 amide bonds. The van der Waals surface area contributed by atoms with E-state index in [1.54, 1.807) is 18.2 Å². The lowest BCUT2D eigenvalue weighted by molar-refractivity contribution is 0.0997. The lowest BCUT2D eigenvalue weighted by Crippen LogP contribution is -2.16. The van der Waals surface area contributed by atoms with Crippen LogP contribution in [-0.2, 0) is 6.54 Å². The average molecular weight is 313 g/mol. The van der Waals surface area contributed by atoms with Gasteiger partial charge in [-0.15, -0.1) is 0 Å². The number of anilines is 1. The van der Waals surface area contributed by atoms with Gasteiger partial charge in [-0.2, -0.15) is 0 Å². The van der Waals surface area contributed by atoms with E-state index in [2.05, 4.69) is 21.2 Å². The van der Waals surface area contributed by atoms with E-state index < -0.39 is 11.7 Å². The average Bonchev–Trinajstić information content (AvgIpc) is 2.77. The lowest BCUT2D eigenvalue weighted by Gasteiger charge is -2.10. The molecule has 0 spiro atoms. The quantitative estimate of drug-likeness (QED) is 0.912. The third kappa shape index (κ3) is 2.70. The van der Waals surface area contributed by atoms with Gasteiger partial charge in [-0.25, -0.2) is 4.39 Å². The highest BCUT2D eigenvalue weighted by Gasteiger charge is 2.15. The SMILES string of the molecule is NC(=O)c1c(F)cc(Br)cc1NCc1ccco1. The van der Waals surface area contributed by atoms with Crippen LogP contribution in [0, 0.1) is 5.82 Å². The largest absolute Gasteiger partial charge is 0.467 e. The Hall–Kier alpha value is -1.82. The molecule has 94 valence electrons. The summed E-state index contributed by atoms with van der Waals surface area (Å²) in [5.74, 6) is -0.813. The van der Waals surface area contributed by atoms with Crippen molar-refractivity contribution in [1.82, 2.24) is 0 Å². The van der Waals surface area contributed by atoms with E-state index in [-0.39, 0.29) is 5.56 Å². The summed E-state index contributed by atoms with van der Waals surface area (Å²) in [6.45, 7) is 0.336. The van der Waals surface area contributed by atoms with Crippen molar-refractivity contribution in [3.05, 3.63) is 52.1 Å². The van der Waals surface area contributed by atoms with Crippen molar-refractivity contribution >= 4 is 27.5 Å². The molecule has 2 aromatic rings. The Bertz CT molecular complexity index is 570. The van der Waals surface area contributed by atoms with E-state index in [0.717, 1.165) is 0 Å². The van der Waals surface area contributed by atoms with Gasteiger partial charge in [0, 0.05) is 4.47 Å². The summed E-state index contributed by atoms with van der Waals surface area (Å²) in [7, 11) is 0. The molecule has 6 heteroatoms. The van der Waals surface area contributed by atoms with Crippen LogP contribution in [-0.4, -0.2) is 5.91 Å². The summed E-state index contributed by atoms with van der Waals surface area (Å²) < 4.78 is 19.3. The zero-order valence-corrected chi connectivity index (χ0v) is 10.8. The zero-order chi connectivity index (χ0) is 13.1. The fourth-order valence-corrected chi connectivity index (χ4v) is 1.99. The number of furan rings is 1. The molecule has 4 nitrogen and oxygen atoms in total. The number of primary amides is 1. The predicted molar refractivity (Wildman–Crippen MR) is 68.7 cm³/mol. The van der Waals surface area contributed by atoms with Crippen LogP contribution in [0.3, 0.4) is 0 Å². The molecule has 0 fully saturated rings. The van der Waals surface area contributed by atoms with E-state index in [1.165, 1.54) is 12.3 Å². The number of nitrogens with one attached hydrogen (secondary N) is 1. The molecular weight excluding hydrogens is 303 g/mol. The maximum Gasteiger partial charge on any atom is 0.253 e. The van der Waals surface area contributed by atoms with Crippen LogP contribution in [0.1, 0.15) is 16.1 Å². The summed E-state index contributed by atoms with van der Waals surface area (Å²) in [6, 6.07) is 6.29. The maximum atomic E-state index is 13.6. The Labute approximate surface area is 111 Å². The van der Waals surface area contributed by atoms with Crippen molar-refractivity contribution in [3.63, 3.8) is 0 Å². The van der Waals surface area contributed by atoms with Crippen LogP contribution >= 0.6 is 15.9 Å². The number of halogens is 2. The summed E-state index contributed by atoms with van der Waals surface area (Å²) in [4.78, 5) is 11.2. The normalized spacial score (nSPS) is 10.3. The van der Waals surface area contributed by atoms with Crippen molar-refractivity contribution in [2.45, 2.75) is 6.54 Å². The van der Waals surface area contributed by atoms with Crippen LogP contribution in [0.5, 0.6) is 0 Å². The van der Waals surface area contributed by atoms with Gasteiger partial charge in [0.05, 0.1) is 24.1 Å². The molecule has 0 bridgehead atoms. The Morgan fingerprint density at radius 2 is 2.28 bits per heavy atom. The Kier molecular flexibility index (Phi) is 3.66. The minimum atomic E-state index is -0.818. The first-order valence-electron chi connectivity index (χ1n) is 5.13. The van der Waals surface area contributed by atoms with Crippen molar-refractivity contribution in [2.75, 3.05) is 5.32 Å². The lowest BCUT2D eigenvalue weighted by atomic mass is 10.1. The number of hydrogen-bond donors (Lipinski definition) is 2. The molecule has 0 saturated carbocycles. The number of carbonyl (C=O) groups excluding carboxylic acids is 1. The number of hydrogen-bond acceptors (Lipinski definition) is 3. The number of amides is 1. The molecule has 1 heterocycles. The standard InChI is InChI=1S/C12H10BrFN2O2/c13-7-4-9(14)11(12(15)17)10(5-7)16-6-8-2-1-3-18-8/h1-5,16H,6H2,(H2,15,17).